The van der Waals surface area contributed by atoms with Crippen molar-refractivity contribution in [3.05, 3.63) is 78.0 Å². The standard InChI is InChI=1S/C20H19NO2/c1-15-7-9-17(10-8-15)21-18(12-14-20(22)23)11-13-19(21)16-5-3-2-4-6-16/h2-11,13H,12,14H2,1H3,(H,22,23). The van der Waals surface area contributed by atoms with Crippen LogP contribution in [-0.2, 0) is 11.2 Å². The number of carboxylic acids is 1. The summed E-state index contributed by atoms with van der Waals surface area (Å²) in [5, 5.41) is 8.99. The van der Waals surface area contributed by atoms with E-state index in [1.54, 1.807) is 0 Å². The van der Waals surface area contributed by atoms with Gasteiger partial charge in [-0.2, -0.15) is 0 Å². The van der Waals surface area contributed by atoms with Crippen molar-refractivity contribution in [1.82, 2.24) is 4.57 Å². The van der Waals surface area contributed by atoms with E-state index in [1.807, 2.05) is 24.3 Å². The lowest BCUT2D eigenvalue weighted by Crippen LogP contribution is -2.05. The van der Waals surface area contributed by atoms with Gasteiger partial charge in [-0.3, -0.25) is 4.79 Å². The number of rotatable bonds is 5. The van der Waals surface area contributed by atoms with Crippen LogP contribution in [0.5, 0.6) is 0 Å². The number of aliphatic carboxylic acids is 1. The first-order chi connectivity index (χ1) is 11.1. The molecule has 3 heteroatoms. The number of benzene rings is 2. The van der Waals surface area contributed by atoms with E-state index in [2.05, 4.69) is 54.0 Å². The van der Waals surface area contributed by atoms with Crippen LogP contribution < -0.4 is 0 Å². The Morgan fingerprint density at radius 1 is 0.957 bits per heavy atom. The third-order valence-electron chi connectivity index (χ3n) is 3.92. The minimum absolute atomic E-state index is 0.129. The molecule has 0 spiro atoms. The van der Waals surface area contributed by atoms with Crippen molar-refractivity contribution >= 4 is 5.97 Å². The second-order valence-corrected chi connectivity index (χ2v) is 5.64. The number of nitrogens with zero attached hydrogens (tertiary/aromatic N) is 1. The molecule has 23 heavy (non-hydrogen) atoms. The van der Waals surface area contributed by atoms with Gasteiger partial charge in [-0.15, -0.1) is 0 Å². The Hall–Kier alpha value is -2.81. The lowest BCUT2D eigenvalue weighted by atomic mass is 10.1. The summed E-state index contributed by atoms with van der Waals surface area (Å²) in [6.07, 6.45) is 0.639. The van der Waals surface area contributed by atoms with Crippen LogP contribution in [0, 0.1) is 6.92 Å². The van der Waals surface area contributed by atoms with Crippen molar-refractivity contribution in [2.24, 2.45) is 0 Å². The van der Waals surface area contributed by atoms with E-state index in [4.69, 9.17) is 5.11 Å². The summed E-state index contributed by atoms with van der Waals surface area (Å²) in [7, 11) is 0. The lowest BCUT2D eigenvalue weighted by molar-refractivity contribution is -0.136. The number of aromatic nitrogens is 1. The summed E-state index contributed by atoms with van der Waals surface area (Å²) in [6.45, 7) is 2.06. The predicted molar refractivity (Wildman–Crippen MR) is 91.9 cm³/mol. The highest BCUT2D eigenvalue weighted by atomic mass is 16.4. The van der Waals surface area contributed by atoms with E-state index in [0.717, 1.165) is 22.6 Å². The molecule has 0 aliphatic carbocycles. The summed E-state index contributed by atoms with van der Waals surface area (Å²) in [5.74, 6) is -0.775. The smallest absolute Gasteiger partial charge is 0.303 e. The molecule has 2 aromatic carbocycles. The molecule has 0 unspecified atom stereocenters. The molecule has 0 amide bonds. The molecule has 1 heterocycles. The number of carboxylic acid groups (broad SMARTS) is 1. The van der Waals surface area contributed by atoms with E-state index in [0.29, 0.717) is 6.42 Å². The predicted octanol–water partition coefficient (Wildman–Crippen LogP) is 4.47. The first-order valence-corrected chi connectivity index (χ1v) is 7.70. The van der Waals surface area contributed by atoms with Gasteiger partial charge in [0.2, 0.25) is 0 Å². The number of hydrogen-bond acceptors (Lipinski definition) is 1. The summed E-state index contributed by atoms with van der Waals surface area (Å²) < 4.78 is 2.15. The molecule has 0 atom stereocenters. The summed E-state index contributed by atoms with van der Waals surface area (Å²) in [4.78, 5) is 10.9. The minimum atomic E-state index is -0.775. The van der Waals surface area contributed by atoms with Crippen LogP contribution in [0.1, 0.15) is 17.7 Å². The first kappa shape index (κ1) is 15.1. The fourth-order valence-corrected chi connectivity index (χ4v) is 2.74. The molecule has 0 saturated carbocycles. The zero-order valence-corrected chi connectivity index (χ0v) is 13.1. The van der Waals surface area contributed by atoms with Gasteiger partial charge in [0.05, 0.1) is 12.1 Å². The Bertz CT molecular complexity index is 801. The highest BCUT2D eigenvalue weighted by molar-refractivity contribution is 5.68. The molecule has 0 saturated heterocycles. The topological polar surface area (TPSA) is 42.2 Å². The third kappa shape index (κ3) is 3.34. The molecular formula is C20H19NO2. The molecule has 3 aromatic rings. The molecule has 1 aromatic heterocycles. The largest absolute Gasteiger partial charge is 0.481 e. The lowest BCUT2D eigenvalue weighted by Gasteiger charge is -2.14. The third-order valence-corrected chi connectivity index (χ3v) is 3.92. The van der Waals surface area contributed by atoms with Crippen LogP contribution in [0.25, 0.3) is 16.9 Å². The van der Waals surface area contributed by atoms with Crippen molar-refractivity contribution in [3.63, 3.8) is 0 Å². The molecule has 0 bridgehead atoms. The van der Waals surface area contributed by atoms with Gasteiger partial charge >= 0.3 is 5.97 Å². The number of aryl methyl sites for hydroxylation is 2. The zero-order chi connectivity index (χ0) is 16.2. The average molecular weight is 305 g/mol. The summed E-state index contributed by atoms with van der Waals surface area (Å²) in [5.41, 5.74) is 5.47. The van der Waals surface area contributed by atoms with Gasteiger partial charge in [-0.05, 0) is 43.2 Å². The highest BCUT2D eigenvalue weighted by Gasteiger charge is 2.12. The maximum atomic E-state index is 10.9. The fraction of sp³-hybridized carbons (Fsp3) is 0.150. The van der Waals surface area contributed by atoms with Crippen LogP contribution in [0.15, 0.2) is 66.7 Å². The van der Waals surface area contributed by atoms with Crippen LogP contribution in [0.2, 0.25) is 0 Å². The molecule has 0 radical (unpaired) electrons. The normalized spacial score (nSPS) is 10.7. The van der Waals surface area contributed by atoms with E-state index in [1.165, 1.54) is 5.56 Å². The van der Waals surface area contributed by atoms with Gasteiger partial charge in [0.1, 0.15) is 0 Å². The highest BCUT2D eigenvalue weighted by Crippen LogP contribution is 2.27. The van der Waals surface area contributed by atoms with E-state index in [9.17, 15) is 4.79 Å². The molecule has 0 aliphatic heterocycles. The Morgan fingerprint density at radius 2 is 1.65 bits per heavy atom. The van der Waals surface area contributed by atoms with Crippen LogP contribution >= 0.6 is 0 Å². The monoisotopic (exact) mass is 305 g/mol. The van der Waals surface area contributed by atoms with Gasteiger partial charge in [0.25, 0.3) is 0 Å². The van der Waals surface area contributed by atoms with Gasteiger partial charge in [0, 0.05) is 11.4 Å². The average Bonchev–Trinajstić information content (AvgIpc) is 2.98. The quantitative estimate of drug-likeness (QED) is 0.755. The van der Waals surface area contributed by atoms with Gasteiger partial charge in [-0.1, -0.05) is 48.0 Å². The van der Waals surface area contributed by atoms with Crippen molar-refractivity contribution in [2.45, 2.75) is 19.8 Å². The molecule has 116 valence electrons. The molecule has 0 fully saturated rings. The van der Waals surface area contributed by atoms with E-state index < -0.39 is 5.97 Å². The molecule has 0 aliphatic rings. The van der Waals surface area contributed by atoms with Crippen LogP contribution in [-0.4, -0.2) is 15.6 Å². The molecule has 1 N–H and O–H groups in total. The zero-order valence-electron chi connectivity index (χ0n) is 13.1. The second kappa shape index (κ2) is 6.53. The second-order valence-electron chi connectivity index (χ2n) is 5.64. The SMILES string of the molecule is Cc1ccc(-n2c(CCC(=O)O)ccc2-c2ccccc2)cc1. The van der Waals surface area contributed by atoms with E-state index in [-0.39, 0.29) is 6.42 Å². The molecule has 3 nitrogen and oxygen atoms in total. The minimum Gasteiger partial charge on any atom is -0.481 e. The first-order valence-electron chi connectivity index (χ1n) is 7.70. The molecular weight excluding hydrogens is 286 g/mol. The number of carbonyl (C=O) groups is 1. The van der Waals surface area contributed by atoms with Crippen LogP contribution in [0.4, 0.5) is 0 Å². The van der Waals surface area contributed by atoms with Gasteiger partial charge in [0.15, 0.2) is 0 Å². The Balaban J connectivity index is 2.10. The maximum Gasteiger partial charge on any atom is 0.303 e. The van der Waals surface area contributed by atoms with Crippen LogP contribution in [0.3, 0.4) is 0 Å². The summed E-state index contributed by atoms with van der Waals surface area (Å²) in [6, 6.07) is 22.5. The van der Waals surface area contributed by atoms with Crippen molar-refractivity contribution < 1.29 is 9.90 Å². The van der Waals surface area contributed by atoms with Crippen molar-refractivity contribution in [1.29, 1.82) is 0 Å². The van der Waals surface area contributed by atoms with Crippen molar-refractivity contribution in [2.75, 3.05) is 0 Å². The Labute approximate surface area is 135 Å². The van der Waals surface area contributed by atoms with Crippen molar-refractivity contribution in [3.8, 4) is 16.9 Å². The van der Waals surface area contributed by atoms with Gasteiger partial charge in [-0.25, -0.2) is 0 Å². The fourth-order valence-electron chi connectivity index (χ4n) is 2.74. The Morgan fingerprint density at radius 3 is 2.30 bits per heavy atom. The number of hydrogen-bond donors (Lipinski definition) is 1. The van der Waals surface area contributed by atoms with E-state index >= 15 is 0 Å². The Kier molecular flexibility index (Phi) is 4.29. The maximum absolute atomic E-state index is 10.9. The van der Waals surface area contributed by atoms with Gasteiger partial charge < -0.3 is 9.67 Å². The summed E-state index contributed by atoms with van der Waals surface area (Å²) >= 11 is 0. The molecule has 3 rings (SSSR count).